The maximum absolute atomic E-state index is 14.7. The Morgan fingerprint density at radius 3 is 2.34 bits per heavy atom. The normalized spacial score (nSPS) is 15.9. The lowest BCUT2D eigenvalue weighted by atomic mass is 10.1. The Morgan fingerprint density at radius 2 is 1.79 bits per heavy atom. The lowest BCUT2D eigenvalue weighted by Crippen LogP contribution is -2.42. The van der Waals surface area contributed by atoms with E-state index in [4.69, 9.17) is 0 Å². The minimum Gasteiger partial charge on any atom is -0.350 e. The smallest absolute Gasteiger partial charge is 0.350 e. The van der Waals surface area contributed by atoms with Crippen molar-refractivity contribution in [3.63, 3.8) is 0 Å². The van der Waals surface area contributed by atoms with Gasteiger partial charge in [0.05, 0.1) is 22.5 Å². The van der Waals surface area contributed by atoms with Gasteiger partial charge in [0.25, 0.3) is 5.91 Å². The molecule has 38 heavy (non-hydrogen) atoms. The first kappa shape index (κ1) is 28.0. The number of benzene rings is 1. The predicted octanol–water partition coefficient (Wildman–Crippen LogP) is 5.63. The Balaban J connectivity index is 1.91. The standard InChI is InChI=1S/C26H30F4N4O3S/c1-14(2)32-25(35)23-19-12-20(27)15(3)11-22(19)34(17-7-5-6-8-17)24(23)21-10-9-18(13-31-21)38(36,37)33-16(4)26(28,29)30/h9-14,16-17,33H,5-8H2,1-4H3,(H,32,35)/t16-/m0/s1. The van der Waals surface area contributed by atoms with E-state index >= 15 is 0 Å². The van der Waals surface area contributed by atoms with Gasteiger partial charge < -0.3 is 9.88 Å². The molecule has 206 valence electrons. The number of carbonyl (C=O) groups excluding carboxylic acids is 1. The van der Waals surface area contributed by atoms with E-state index in [9.17, 15) is 30.8 Å². The number of nitrogens with zero attached hydrogens (tertiary/aromatic N) is 2. The van der Waals surface area contributed by atoms with Crippen LogP contribution in [0.3, 0.4) is 0 Å². The highest BCUT2D eigenvalue weighted by Gasteiger charge is 2.39. The molecule has 0 saturated heterocycles. The molecule has 1 aliphatic rings. The third-order valence-electron chi connectivity index (χ3n) is 6.73. The molecule has 7 nitrogen and oxygen atoms in total. The largest absolute Gasteiger partial charge is 0.404 e. The molecular weight excluding hydrogens is 524 g/mol. The van der Waals surface area contributed by atoms with E-state index in [1.165, 1.54) is 12.1 Å². The van der Waals surface area contributed by atoms with Crippen molar-refractivity contribution >= 4 is 26.8 Å². The average molecular weight is 555 g/mol. The summed E-state index contributed by atoms with van der Waals surface area (Å²) in [6.07, 6.45) is -0.160. The first-order valence-corrected chi connectivity index (χ1v) is 13.9. The average Bonchev–Trinajstić information content (AvgIpc) is 3.44. The maximum atomic E-state index is 14.7. The lowest BCUT2D eigenvalue weighted by molar-refractivity contribution is -0.147. The molecule has 1 aliphatic carbocycles. The number of halogens is 4. The monoisotopic (exact) mass is 554 g/mol. The molecule has 0 spiro atoms. The van der Waals surface area contributed by atoms with Gasteiger partial charge in [0, 0.05) is 23.7 Å². The highest BCUT2D eigenvalue weighted by atomic mass is 32.2. The van der Waals surface area contributed by atoms with Crippen molar-refractivity contribution in [1.29, 1.82) is 0 Å². The first-order valence-electron chi connectivity index (χ1n) is 12.4. The topological polar surface area (TPSA) is 93.1 Å². The molecule has 1 fully saturated rings. The van der Waals surface area contributed by atoms with Gasteiger partial charge in [-0.2, -0.15) is 17.9 Å². The number of fused-ring (bicyclic) bond motifs is 1. The summed E-state index contributed by atoms with van der Waals surface area (Å²) in [5.74, 6) is -0.898. The second-order valence-corrected chi connectivity index (χ2v) is 11.8. The third kappa shape index (κ3) is 5.42. The van der Waals surface area contributed by atoms with Gasteiger partial charge in [-0.25, -0.2) is 12.8 Å². The van der Waals surface area contributed by atoms with Crippen LogP contribution in [0.5, 0.6) is 0 Å². The van der Waals surface area contributed by atoms with Gasteiger partial charge in [-0.1, -0.05) is 12.8 Å². The fraction of sp³-hybridized carbons (Fsp3) is 0.462. The highest BCUT2D eigenvalue weighted by Crippen LogP contribution is 2.42. The van der Waals surface area contributed by atoms with Crippen molar-refractivity contribution in [3.8, 4) is 11.4 Å². The fourth-order valence-corrected chi connectivity index (χ4v) is 6.01. The molecule has 3 aromatic rings. The van der Waals surface area contributed by atoms with Gasteiger partial charge >= 0.3 is 6.18 Å². The van der Waals surface area contributed by atoms with Crippen LogP contribution in [0.2, 0.25) is 0 Å². The van der Waals surface area contributed by atoms with E-state index in [0.29, 0.717) is 29.1 Å². The quantitative estimate of drug-likeness (QED) is 0.370. The number of carbonyl (C=O) groups is 1. The second kappa shape index (κ2) is 10.3. The van der Waals surface area contributed by atoms with Gasteiger partial charge in [-0.05, 0) is 70.4 Å². The van der Waals surface area contributed by atoms with Crippen LogP contribution in [0.25, 0.3) is 22.3 Å². The van der Waals surface area contributed by atoms with Crippen molar-refractivity contribution in [2.75, 3.05) is 0 Å². The molecule has 0 aliphatic heterocycles. The van der Waals surface area contributed by atoms with Gasteiger partial charge in [0.1, 0.15) is 16.8 Å². The molecule has 12 heteroatoms. The van der Waals surface area contributed by atoms with Crippen LogP contribution >= 0.6 is 0 Å². The predicted molar refractivity (Wildman–Crippen MR) is 136 cm³/mol. The number of aromatic nitrogens is 2. The Labute approximate surface area is 218 Å². The molecular formula is C26H30F4N4O3S. The molecule has 0 unspecified atom stereocenters. The van der Waals surface area contributed by atoms with Crippen molar-refractivity contribution < 1.29 is 30.8 Å². The van der Waals surface area contributed by atoms with E-state index < -0.39 is 38.9 Å². The maximum Gasteiger partial charge on any atom is 0.404 e. The minimum absolute atomic E-state index is 0.0115. The van der Waals surface area contributed by atoms with Crippen molar-refractivity contribution in [3.05, 3.63) is 47.4 Å². The zero-order chi connectivity index (χ0) is 28.0. The van der Waals surface area contributed by atoms with E-state index in [0.717, 1.165) is 37.9 Å². The molecule has 0 radical (unpaired) electrons. The summed E-state index contributed by atoms with van der Waals surface area (Å²) in [5, 5.41) is 3.27. The van der Waals surface area contributed by atoms with Gasteiger partial charge in [0.15, 0.2) is 0 Å². The Hall–Kier alpha value is -2.99. The fourth-order valence-electron chi connectivity index (χ4n) is 4.84. The molecule has 2 aromatic heterocycles. The van der Waals surface area contributed by atoms with E-state index in [2.05, 4.69) is 10.3 Å². The minimum atomic E-state index is -4.76. The van der Waals surface area contributed by atoms with Crippen LogP contribution in [0.4, 0.5) is 17.6 Å². The second-order valence-electron chi connectivity index (χ2n) is 10.0. The summed E-state index contributed by atoms with van der Waals surface area (Å²) >= 11 is 0. The van der Waals surface area contributed by atoms with Gasteiger partial charge in [-0.15, -0.1) is 0 Å². The number of pyridine rings is 1. The number of rotatable bonds is 7. The highest BCUT2D eigenvalue weighted by molar-refractivity contribution is 7.89. The molecule has 4 rings (SSSR count). The van der Waals surface area contributed by atoms with Crippen molar-refractivity contribution in [2.24, 2.45) is 0 Å². The number of alkyl halides is 3. The van der Waals surface area contributed by atoms with Gasteiger partial charge in [-0.3, -0.25) is 9.78 Å². The molecule has 2 heterocycles. The summed E-state index contributed by atoms with van der Waals surface area (Å²) in [6, 6.07) is 3.05. The number of aryl methyl sites for hydroxylation is 1. The number of nitrogens with one attached hydrogen (secondary N) is 2. The summed E-state index contributed by atoms with van der Waals surface area (Å²) in [4.78, 5) is 17.3. The van der Waals surface area contributed by atoms with E-state index in [1.807, 2.05) is 4.57 Å². The molecule has 2 N–H and O–H groups in total. The number of hydrogen-bond acceptors (Lipinski definition) is 4. The summed E-state index contributed by atoms with van der Waals surface area (Å²) in [5.41, 5.74) is 1.96. The SMILES string of the molecule is Cc1cc2c(cc1F)c(C(=O)NC(C)C)c(-c1ccc(S(=O)(=O)N[C@@H](C)C(F)(F)F)cn1)n2C1CCCC1. The third-order valence-corrected chi connectivity index (χ3v) is 8.26. The van der Waals surface area contributed by atoms with Crippen molar-refractivity contribution in [2.45, 2.75) is 82.6 Å². The number of sulfonamides is 1. The first-order chi connectivity index (χ1) is 17.7. The van der Waals surface area contributed by atoms with E-state index in [1.54, 1.807) is 31.6 Å². The zero-order valence-electron chi connectivity index (χ0n) is 21.5. The lowest BCUT2D eigenvalue weighted by Gasteiger charge is -2.19. The van der Waals surface area contributed by atoms with Crippen LogP contribution < -0.4 is 10.0 Å². The van der Waals surface area contributed by atoms with Crippen LogP contribution in [0.1, 0.15) is 68.4 Å². The summed E-state index contributed by atoms with van der Waals surface area (Å²) < 4.78 is 82.2. The Kier molecular flexibility index (Phi) is 7.59. The Morgan fingerprint density at radius 1 is 1.13 bits per heavy atom. The molecule has 1 saturated carbocycles. The number of hydrogen-bond donors (Lipinski definition) is 2. The summed E-state index contributed by atoms with van der Waals surface area (Å²) in [6.45, 7) is 5.94. The van der Waals surface area contributed by atoms with Crippen LogP contribution in [0.15, 0.2) is 35.4 Å². The van der Waals surface area contributed by atoms with Crippen LogP contribution in [-0.2, 0) is 10.0 Å². The van der Waals surface area contributed by atoms with Crippen molar-refractivity contribution in [1.82, 2.24) is 19.6 Å². The molecule has 0 bridgehead atoms. The Bertz CT molecular complexity index is 1460. The molecule has 1 amide bonds. The summed E-state index contributed by atoms with van der Waals surface area (Å²) in [7, 11) is -4.51. The zero-order valence-corrected chi connectivity index (χ0v) is 22.3. The molecule has 1 atom stereocenters. The van der Waals surface area contributed by atoms with E-state index in [-0.39, 0.29) is 23.3 Å². The van der Waals surface area contributed by atoms with Crippen LogP contribution in [-0.4, -0.2) is 42.1 Å². The molecule has 1 aromatic carbocycles. The van der Waals surface area contributed by atoms with Gasteiger partial charge in [0.2, 0.25) is 10.0 Å². The van der Waals surface area contributed by atoms with Crippen LogP contribution in [0, 0.1) is 12.7 Å². The number of amides is 1.